The number of nitrogens with zero attached hydrogens (tertiary/aromatic N) is 3. The number of benzene rings is 1. The molecule has 1 aromatic carbocycles. The van der Waals surface area contributed by atoms with Crippen LogP contribution in [-0.2, 0) is 13.6 Å². The van der Waals surface area contributed by atoms with Gasteiger partial charge in [-0.15, -0.1) is 0 Å². The standard InChI is InChI=1S/C16H20N4O2/c1-4-21-13-7-5-6-12-8-14(22-16(12)13)11(2)17-9-15-18-10-19-20(15)3/h5-8,10-11,17H,4,9H2,1-3H3. The van der Waals surface area contributed by atoms with Crippen molar-refractivity contribution in [3.05, 3.63) is 42.2 Å². The molecule has 2 heterocycles. The average Bonchev–Trinajstić information content (AvgIpc) is 3.12. The second-order valence-corrected chi connectivity index (χ2v) is 5.16. The Balaban J connectivity index is 1.77. The third kappa shape index (κ3) is 2.82. The summed E-state index contributed by atoms with van der Waals surface area (Å²) in [5.41, 5.74) is 0.798. The van der Waals surface area contributed by atoms with Crippen LogP contribution in [0, 0.1) is 0 Å². The molecule has 0 aliphatic rings. The van der Waals surface area contributed by atoms with Crippen molar-refractivity contribution >= 4 is 11.0 Å². The van der Waals surface area contributed by atoms with Gasteiger partial charge >= 0.3 is 0 Å². The Hall–Kier alpha value is -2.34. The maximum Gasteiger partial charge on any atom is 0.176 e. The molecule has 0 bridgehead atoms. The van der Waals surface area contributed by atoms with Gasteiger partial charge in [0.05, 0.1) is 19.2 Å². The van der Waals surface area contributed by atoms with E-state index in [-0.39, 0.29) is 6.04 Å². The predicted molar refractivity (Wildman–Crippen MR) is 83.6 cm³/mol. The molecule has 3 aromatic rings. The number of hydrogen-bond acceptors (Lipinski definition) is 5. The molecule has 6 heteroatoms. The van der Waals surface area contributed by atoms with Crippen LogP contribution in [0.15, 0.2) is 35.0 Å². The van der Waals surface area contributed by atoms with E-state index in [1.165, 1.54) is 0 Å². The van der Waals surface area contributed by atoms with E-state index < -0.39 is 0 Å². The van der Waals surface area contributed by atoms with Gasteiger partial charge in [-0.3, -0.25) is 4.68 Å². The number of hydrogen-bond donors (Lipinski definition) is 1. The molecule has 116 valence electrons. The lowest BCUT2D eigenvalue weighted by Crippen LogP contribution is -2.20. The fraction of sp³-hybridized carbons (Fsp3) is 0.375. The quantitative estimate of drug-likeness (QED) is 0.758. The topological polar surface area (TPSA) is 65.1 Å². The van der Waals surface area contributed by atoms with Crippen LogP contribution in [0.25, 0.3) is 11.0 Å². The van der Waals surface area contributed by atoms with Gasteiger partial charge in [-0.25, -0.2) is 4.98 Å². The molecule has 0 fully saturated rings. The van der Waals surface area contributed by atoms with E-state index in [4.69, 9.17) is 9.15 Å². The molecule has 0 radical (unpaired) electrons. The Labute approximate surface area is 129 Å². The fourth-order valence-electron chi connectivity index (χ4n) is 2.36. The van der Waals surface area contributed by atoms with Gasteiger partial charge in [0, 0.05) is 12.4 Å². The number of aromatic nitrogens is 3. The molecule has 6 nitrogen and oxygen atoms in total. The second kappa shape index (κ2) is 6.19. The highest BCUT2D eigenvalue weighted by Gasteiger charge is 2.14. The number of fused-ring (bicyclic) bond motifs is 1. The lowest BCUT2D eigenvalue weighted by molar-refractivity contribution is 0.336. The molecule has 0 saturated heterocycles. The first kappa shape index (κ1) is 14.6. The molecule has 1 N–H and O–H groups in total. The lowest BCUT2D eigenvalue weighted by atomic mass is 10.2. The van der Waals surface area contributed by atoms with Crippen LogP contribution in [0.1, 0.15) is 31.5 Å². The van der Waals surface area contributed by atoms with Crippen molar-refractivity contribution in [2.45, 2.75) is 26.4 Å². The largest absolute Gasteiger partial charge is 0.490 e. The fourth-order valence-corrected chi connectivity index (χ4v) is 2.36. The molecule has 0 aliphatic heterocycles. The Kier molecular flexibility index (Phi) is 4.11. The number of para-hydroxylation sites is 1. The zero-order valence-electron chi connectivity index (χ0n) is 13.0. The molecule has 2 aromatic heterocycles. The summed E-state index contributed by atoms with van der Waals surface area (Å²) in [6.45, 7) is 5.28. The van der Waals surface area contributed by atoms with E-state index in [2.05, 4.69) is 22.3 Å². The molecule has 1 unspecified atom stereocenters. The lowest BCUT2D eigenvalue weighted by Gasteiger charge is -2.10. The Morgan fingerprint density at radius 3 is 3.00 bits per heavy atom. The number of rotatable bonds is 6. The van der Waals surface area contributed by atoms with Gasteiger partial charge in [-0.05, 0) is 26.0 Å². The van der Waals surface area contributed by atoms with Crippen LogP contribution in [0.5, 0.6) is 5.75 Å². The van der Waals surface area contributed by atoms with Crippen molar-refractivity contribution in [3.63, 3.8) is 0 Å². The van der Waals surface area contributed by atoms with Crippen LogP contribution in [0.3, 0.4) is 0 Å². The predicted octanol–water partition coefficient (Wildman–Crippen LogP) is 2.81. The second-order valence-electron chi connectivity index (χ2n) is 5.16. The third-order valence-electron chi connectivity index (χ3n) is 3.63. The molecule has 0 saturated carbocycles. The summed E-state index contributed by atoms with van der Waals surface area (Å²) in [6.07, 6.45) is 1.55. The molecule has 0 spiro atoms. The highest BCUT2D eigenvalue weighted by atomic mass is 16.5. The zero-order chi connectivity index (χ0) is 15.5. The average molecular weight is 300 g/mol. The van der Waals surface area contributed by atoms with E-state index in [0.29, 0.717) is 13.2 Å². The summed E-state index contributed by atoms with van der Waals surface area (Å²) < 4.78 is 13.3. The molecule has 3 rings (SSSR count). The Bertz CT molecular complexity index is 762. The summed E-state index contributed by atoms with van der Waals surface area (Å²) in [4.78, 5) is 4.20. The summed E-state index contributed by atoms with van der Waals surface area (Å²) >= 11 is 0. The smallest absolute Gasteiger partial charge is 0.176 e. The van der Waals surface area contributed by atoms with Crippen molar-refractivity contribution in [2.75, 3.05) is 6.61 Å². The van der Waals surface area contributed by atoms with E-state index in [0.717, 1.165) is 28.3 Å². The monoisotopic (exact) mass is 300 g/mol. The molecular weight excluding hydrogens is 280 g/mol. The van der Waals surface area contributed by atoms with Crippen molar-refractivity contribution in [3.8, 4) is 5.75 Å². The number of nitrogens with one attached hydrogen (secondary N) is 1. The van der Waals surface area contributed by atoms with Crippen molar-refractivity contribution in [1.82, 2.24) is 20.1 Å². The van der Waals surface area contributed by atoms with Gasteiger partial charge in [-0.1, -0.05) is 12.1 Å². The molecule has 0 amide bonds. The SMILES string of the molecule is CCOc1cccc2cc(C(C)NCc3ncnn3C)oc12. The van der Waals surface area contributed by atoms with Crippen LogP contribution >= 0.6 is 0 Å². The molecular formula is C16H20N4O2. The highest BCUT2D eigenvalue weighted by Crippen LogP contribution is 2.31. The summed E-state index contributed by atoms with van der Waals surface area (Å²) in [6, 6.07) is 8.05. The summed E-state index contributed by atoms with van der Waals surface area (Å²) in [5, 5.41) is 8.51. The summed E-state index contributed by atoms with van der Waals surface area (Å²) in [7, 11) is 1.88. The molecule has 1 atom stereocenters. The zero-order valence-corrected chi connectivity index (χ0v) is 13.0. The maximum atomic E-state index is 5.98. The minimum absolute atomic E-state index is 0.0681. The van der Waals surface area contributed by atoms with Crippen molar-refractivity contribution < 1.29 is 9.15 Å². The maximum absolute atomic E-state index is 5.98. The highest BCUT2D eigenvalue weighted by molar-refractivity contribution is 5.83. The van der Waals surface area contributed by atoms with Gasteiger partial charge in [0.25, 0.3) is 0 Å². The Morgan fingerprint density at radius 1 is 1.41 bits per heavy atom. The minimum Gasteiger partial charge on any atom is -0.490 e. The minimum atomic E-state index is 0.0681. The van der Waals surface area contributed by atoms with Gasteiger partial charge in [-0.2, -0.15) is 5.10 Å². The normalized spacial score (nSPS) is 12.7. The van der Waals surface area contributed by atoms with Crippen LogP contribution in [0.4, 0.5) is 0 Å². The van der Waals surface area contributed by atoms with E-state index in [9.17, 15) is 0 Å². The van der Waals surface area contributed by atoms with E-state index in [1.807, 2.05) is 38.2 Å². The number of ether oxygens (including phenoxy) is 1. The van der Waals surface area contributed by atoms with Gasteiger partial charge < -0.3 is 14.5 Å². The van der Waals surface area contributed by atoms with Crippen molar-refractivity contribution in [2.24, 2.45) is 7.05 Å². The van der Waals surface area contributed by atoms with Crippen LogP contribution < -0.4 is 10.1 Å². The third-order valence-corrected chi connectivity index (χ3v) is 3.63. The van der Waals surface area contributed by atoms with Gasteiger partial charge in [0.2, 0.25) is 0 Å². The molecule has 22 heavy (non-hydrogen) atoms. The van der Waals surface area contributed by atoms with E-state index in [1.54, 1.807) is 11.0 Å². The number of aryl methyl sites for hydroxylation is 1. The van der Waals surface area contributed by atoms with Crippen LogP contribution in [-0.4, -0.2) is 21.4 Å². The van der Waals surface area contributed by atoms with Crippen molar-refractivity contribution in [1.29, 1.82) is 0 Å². The Morgan fingerprint density at radius 2 is 2.27 bits per heavy atom. The van der Waals surface area contributed by atoms with Gasteiger partial charge in [0.15, 0.2) is 11.3 Å². The first-order valence-electron chi connectivity index (χ1n) is 7.40. The first-order chi connectivity index (χ1) is 10.7. The van der Waals surface area contributed by atoms with Gasteiger partial charge in [0.1, 0.15) is 17.9 Å². The molecule has 0 aliphatic carbocycles. The first-order valence-corrected chi connectivity index (χ1v) is 7.40. The number of furan rings is 1. The van der Waals surface area contributed by atoms with Crippen LogP contribution in [0.2, 0.25) is 0 Å². The summed E-state index contributed by atoms with van der Waals surface area (Å²) in [5.74, 6) is 2.55. The van der Waals surface area contributed by atoms with E-state index >= 15 is 0 Å².